The second-order valence-corrected chi connectivity index (χ2v) is 8.83. The van der Waals surface area contributed by atoms with Gasteiger partial charge in [0.1, 0.15) is 6.61 Å². The number of anilines is 1. The number of carboxylic acids is 1. The lowest BCUT2D eigenvalue weighted by Crippen LogP contribution is -2.40. The maximum atomic E-state index is 12.5. The number of H-pyrrole nitrogens is 1. The lowest BCUT2D eigenvalue weighted by atomic mass is 9.86. The van der Waals surface area contributed by atoms with E-state index in [1.54, 1.807) is 0 Å². The van der Waals surface area contributed by atoms with E-state index < -0.39 is 23.9 Å². The summed E-state index contributed by atoms with van der Waals surface area (Å²) >= 11 is 0. The van der Waals surface area contributed by atoms with Crippen LogP contribution in [0.4, 0.5) is 10.7 Å². The standard InChI is InChI=1S/C25H25N5O5/c31-22(26-15-7-5-6-14(12-15)23(32)33)21-27-24(30-29-21)28-25(34)35-13-20-18-10-3-1-8-16(18)17-9-2-4-11-19(17)20/h1-4,8-11,14-15,20H,5-7,12-13H2,(H,26,31)(H,32,33)(H2,27,28,29,30,34)/t14-,15+/m0/s1. The summed E-state index contributed by atoms with van der Waals surface area (Å²) in [4.78, 5) is 40.1. The molecule has 0 saturated heterocycles. The SMILES string of the molecule is O=C(Nc1n[nH]c(C(=O)N[C@@H]2CCC[C@H](C(=O)O)C2)n1)OCC1c2ccccc2-c2ccccc21. The van der Waals surface area contributed by atoms with E-state index in [2.05, 4.69) is 37.9 Å². The maximum Gasteiger partial charge on any atom is 0.414 e. The number of nitrogens with one attached hydrogen (secondary N) is 3. The summed E-state index contributed by atoms with van der Waals surface area (Å²) in [6, 6.07) is 15.8. The lowest BCUT2D eigenvalue weighted by molar-refractivity contribution is -0.143. The number of carbonyl (C=O) groups excluding carboxylic acids is 2. The summed E-state index contributed by atoms with van der Waals surface area (Å²) in [5, 5.41) is 20.8. The van der Waals surface area contributed by atoms with Crippen LogP contribution in [0.1, 0.15) is 53.3 Å². The molecule has 0 bridgehead atoms. The van der Waals surface area contributed by atoms with Crippen LogP contribution in [0.25, 0.3) is 11.1 Å². The van der Waals surface area contributed by atoms with Crippen LogP contribution in [0, 0.1) is 5.92 Å². The summed E-state index contributed by atoms with van der Waals surface area (Å²) in [5.74, 6) is -2.05. The average molecular weight is 476 g/mol. The summed E-state index contributed by atoms with van der Waals surface area (Å²) in [6.45, 7) is 0.143. The molecule has 0 radical (unpaired) electrons. The molecule has 2 atom stereocenters. The van der Waals surface area contributed by atoms with Gasteiger partial charge in [0.05, 0.1) is 5.92 Å². The molecule has 1 aromatic heterocycles. The van der Waals surface area contributed by atoms with Crippen LogP contribution in [0.15, 0.2) is 48.5 Å². The second kappa shape index (κ2) is 9.57. The number of nitrogens with zero attached hydrogens (tertiary/aromatic N) is 2. The molecule has 3 aromatic rings. The molecule has 2 amide bonds. The summed E-state index contributed by atoms with van der Waals surface area (Å²) in [7, 11) is 0. The van der Waals surface area contributed by atoms with Gasteiger partial charge in [-0.05, 0) is 41.5 Å². The van der Waals surface area contributed by atoms with Crippen LogP contribution in [-0.2, 0) is 9.53 Å². The molecule has 4 N–H and O–H groups in total. The van der Waals surface area contributed by atoms with Crippen LogP contribution >= 0.6 is 0 Å². The zero-order valence-corrected chi connectivity index (χ0v) is 18.9. The predicted octanol–water partition coefficient (Wildman–Crippen LogP) is 3.54. The summed E-state index contributed by atoms with van der Waals surface area (Å²) in [5.41, 5.74) is 4.47. The molecule has 1 saturated carbocycles. The third kappa shape index (κ3) is 4.72. The third-order valence-electron chi connectivity index (χ3n) is 6.62. The number of hydrogen-bond acceptors (Lipinski definition) is 6. The van der Waals surface area contributed by atoms with Gasteiger partial charge in [0, 0.05) is 12.0 Å². The number of rotatable bonds is 6. The molecule has 35 heavy (non-hydrogen) atoms. The zero-order chi connectivity index (χ0) is 24.4. The number of carboxylic acid groups (broad SMARTS) is 1. The van der Waals surface area contributed by atoms with Gasteiger partial charge in [-0.2, -0.15) is 4.98 Å². The van der Waals surface area contributed by atoms with E-state index in [4.69, 9.17) is 4.74 Å². The quantitative estimate of drug-likeness (QED) is 0.426. The van der Waals surface area contributed by atoms with Crippen LogP contribution in [0.3, 0.4) is 0 Å². The minimum atomic E-state index is -0.849. The Bertz CT molecular complexity index is 1230. The van der Waals surface area contributed by atoms with E-state index in [9.17, 15) is 19.5 Å². The van der Waals surface area contributed by atoms with Crippen molar-refractivity contribution in [2.24, 2.45) is 5.92 Å². The van der Waals surface area contributed by atoms with Crippen molar-refractivity contribution in [3.05, 3.63) is 65.5 Å². The fraction of sp³-hybridized carbons (Fsp3) is 0.320. The van der Waals surface area contributed by atoms with Crippen LogP contribution in [-0.4, -0.2) is 50.9 Å². The van der Waals surface area contributed by atoms with Crippen molar-refractivity contribution >= 4 is 23.9 Å². The molecule has 0 unspecified atom stereocenters. The van der Waals surface area contributed by atoms with E-state index >= 15 is 0 Å². The monoisotopic (exact) mass is 475 g/mol. The topological polar surface area (TPSA) is 146 Å². The molecule has 0 spiro atoms. The number of aliphatic carboxylic acids is 1. The van der Waals surface area contributed by atoms with E-state index in [0.717, 1.165) is 28.7 Å². The summed E-state index contributed by atoms with van der Waals surface area (Å²) in [6.07, 6.45) is 1.69. The van der Waals surface area contributed by atoms with Gasteiger partial charge in [0.25, 0.3) is 11.9 Å². The highest BCUT2D eigenvalue weighted by Crippen LogP contribution is 2.44. The van der Waals surface area contributed by atoms with E-state index in [1.165, 1.54) is 0 Å². The Morgan fingerprint density at radius 1 is 1.03 bits per heavy atom. The van der Waals surface area contributed by atoms with Crippen molar-refractivity contribution in [1.29, 1.82) is 0 Å². The van der Waals surface area contributed by atoms with Gasteiger partial charge in [-0.3, -0.25) is 20.0 Å². The Hall–Kier alpha value is -4.21. The first-order valence-corrected chi connectivity index (χ1v) is 11.6. The van der Waals surface area contributed by atoms with Gasteiger partial charge in [-0.1, -0.05) is 55.0 Å². The van der Waals surface area contributed by atoms with Gasteiger partial charge in [-0.25, -0.2) is 4.79 Å². The molecule has 2 aliphatic carbocycles. The van der Waals surface area contributed by atoms with Crippen LogP contribution < -0.4 is 10.6 Å². The first-order chi connectivity index (χ1) is 17.0. The number of aromatic amines is 1. The van der Waals surface area contributed by atoms with Gasteiger partial charge >= 0.3 is 12.1 Å². The normalized spacial score (nSPS) is 18.9. The van der Waals surface area contributed by atoms with Gasteiger partial charge in [0.2, 0.25) is 5.82 Å². The fourth-order valence-corrected chi connectivity index (χ4v) is 4.94. The maximum absolute atomic E-state index is 12.5. The highest BCUT2D eigenvalue weighted by molar-refractivity contribution is 5.91. The molecule has 1 fully saturated rings. The minimum absolute atomic E-state index is 0.0728. The largest absolute Gasteiger partial charge is 0.481 e. The molecule has 1 heterocycles. The molecular weight excluding hydrogens is 450 g/mol. The molecule has 5 rings (SSSR count). The molecule has 10 nitrogen and oxygen atoms in total. The first-order valence-electron chi connectivity index (χ1n) is 11.6. The number of hydrogen-bond donors (Lipinski definition) is 4. The zero-order valence-electron chi connectivity index (χ0n) is 18.9. The Morgan fingerprint density at radius 3 is 2.40 bits per heavy atom. The Morgan fingerprint density at radius 2 is 1.71 bits per heavy atom. The Kier molecular flexibility index (Phi) is 6.17. The predicted molar refractivity (Wildman–Crippen MR) is 126 cm³/mol. The number of fused-ring (bicyclic) bond motifs is 3. The first kappa shape index (κ1) is 22.6. The van der Waals surface area contributed by atoms with Gasteiger partial charge in [-0.15, -0.1) is 5.10 Å². The number of amides is 2. The van der Waals surface area contributed by atoms with Crippen LogP contribution in [0.5, 0.6) is 0 Å². The fourth-order valence-electron chi connectivity index (χ4n) is 4.94. The third-order valence-corrected chi connectivity index (χ3v) is 6.62. The molecule has 10 heteroatoms. The van der Waals surface area contributed by atoms with Crippen LogP contribution in [0.2, 0.25) is 0 Å². The molecular formula is C25H25N5O5. The van der Waals surface area contributed by atoms with Gasteiger partial charge < -0.3 is 15.2 Å². The molecule has 0 aliphatic heterocycles. The number of carbonyl (C=O) groups is 3. The summed E-state index contributed by atoms with van der Waals surface area (Å²) < 4.78 is 5.47. The van der Waals surface area contributed by atoms with Crippen molar-refractivity contribution in [3.63, 3.8) is 0 Å². The number of benzene rings is 2. The van der Waals surface area contributed by atoms with E-state index in [0.29, 0.717) is 19.3 Å². The highest BCUT2D eigenvalue weighted by Gasteiger charge is 2.30. The van der Waals surface area contributed by atoms with Crippen molar-refractivity contribution in [3.8, 4) is 11.1 Å². The molecule has 180 valence electrons. The van der Waals surface area contributed by atoms with E-state index in [1.807, 2.05) is 36.4 Å². The van der Waals surface area contributed by atoms with Crippen molar-refractivity contribution in [1.82, 2.24) is 20.5 Å². The van der Waals surface area contributed by atoms with E-state index in [-0.39, 0.29) is 30.3 Å². The smallest absolute Gasteiger partial charge is 0.414 e. The molecule has 2 aromatic carbocycles. The second-order valence-electron chi connectivity index (χ2n) is 8.83. The van der Waals surface area contributed by atoms with Crippen molar-refractivity contribution in [2.75, 3.05) is 11.9 Å². The minimum Gasteiger partial charge on any atom is -0.481 e. The Balaban J connectivity index is 1.17. The van der Waals surface area contributed by atoms with Gasteiger partial charge in [0.15, 0.2) is 0 Å². The average Bonchev–Trinajstić information content (AvgIpc) is 3.46. The number of ether oxygens (including phenoxy) is 1. The number of aromatic nitrogens is 3. The Labute approximate surface area is 201 Å². The van der Waals surface area contributed by atoms with Crippen molar-refractivity contribution < 1.29 is 24.2 Å². The highest BCUT2D eigenvalue weighted by atomic mass is 16.5. The van der Waals surface area contributed by atoms with Crippen molar-refractivity contribution in [2.45, 2.75) is 37.6 Å². The molecule has 2 aliphatic rings. The lowest BCUT2D eigenvalue weighted by Gasteiger charge is -2.26.